The topological polar surface area (TPSA) is 12.0 Å². The van der Waals surface area contributed by atoms with Crippen molar-refractivity contribution in [2.45, 2.75) is 88.6 Å². The predicted octanol–water partition coefficient (Wildman–Crippen LogP) is 6.34. The van der Waals surface area contributed by atoms with Gasteiger partial charge in [0.1, 0.15) is 0 Å². The molecule has 6 saturated carbocycles. The molecule has 2 heteroatoms. The van der Waals surface area contributed by atoms with Gasteiger partial charge in [-0.15, -0.1) is 0 Å². The molecule has 7 rings (SSSR count). The molecule has 1 nitrogen and oxygen atoms in total. The van der Waals surface area contributed by atoms with Crippen LogP contribution < -0.4 is 5.32 Å². The second-order valence-electron chi connectivity index (χ2n) is 11.3. The summed E-state index contributed by atoms with van der Waals surface area (Å²) in [4.78, 5) is 0. The van der Waals surface area contributed by atoms with Crippen LogP contribution in [0.5, 0.6) is 0 Å². The highest BCUT2D eigenvalue weighted by Gasteiger charge is 2.60. The van der Waals surface area contributed by atoms with Crippen molar-refractivity contribution >= 4 is 11.6 Å². The number of hydrogen-bond acceptors (Lipinski definition) is 1. The van der Waals surface area contributed by atoms with E-state index in [0.717, 1.165) is 34.7 Å². The van der Waals surface area contributed by atoms with Gasteiger partial charge in [0, 0.05) is 17.1 Å². The van der Waals surface area contributed by atoms with Gasteiger partial charge in [-0.05, 0) is 117 Å². The van der Waals surface area contributed by atoms with Gasteiger partial charge in [0.25, 0.3) is 0 Å². The number of fused-ring (bicyclic) bond motifs is 2. The van der Waals surface area contributed by atoms with Crippen LogP contribution in [0.25, 0.3) is 0 Å². The molecule has 146 valence electrons. The molecule has 8 atom stereocenters. The molecule has 0 radical (unpaired) electrons. The quantitative estimate of drug-likeness (QED) is 0.639. The Kier molecular flexibility index (Phi) is 3.84. The fourth-order valence-corrected chi connectivity index (χ4v) is 9.05. The highest BCUT2D eigenvalue weighted by atomic mass is 35.5. The van der Waals surface area contributed by atoms with Crippen molar-refractivity contribution < 1.29 is 0 Å². The van der Waals surface area contributed by atoms with Crippen molar-refractivity contribution in [2.75, 3.05) is 0 Å². The van der Waals surface area contributed by atoms with Gasteiger partial charge in [-0.25, -0.2) is 0 Å². The summed E-state index contributed by atoms with van der Waals surface area (Å²) in [6.07, 6.45) is 14.7. The highest BCUT2D eigenvalue weighted by Crippen LogP contribution is 2.67. The molecule has 0 spiro atoms. The van der Waals surface area contributed by atoms with E-state index in [2.05, 4.69) is 36.5 Å². The van der Waals surface area contributed by atoms with Crippen molar-refractivity contribution in [3.8, 4) is 0 Å². The van der Waals surface area contributed by atoms with Crippen LogP contribution in [0.15, 0.2) is 24.3 Å². The van der Waals surface area contributed by atoms with Crippen LogP contribution in [0.3, 0.4) is 0 Å². The van der Waals surface area contributed by atoms with Crippen LogP contribution in [0, 0.1) is 29.1 Å². The first-order chi connectivity index (χ1) is 13.0. The van der Waals surface area contributed by atoms with E-state index in [0.29, 0.717) is 16.9 Å². The lowest BCUT2D eigenvalue weighted by molar-refractivity contribution is -0.0903. The van der Waals surface area contributed by atoms with Gasteiger partial charge in [-0.2, -0.15) is 0 Å². The number of halogens is 1. The van der Waals surface area contributed by atoms with E-state index in [9.17, 15) is 0 Å². The van der Waals surface area contributed by atoms with Gasteiger partial charge >= 0.3 is 0 Å². The van der Waals surface area contributed by atoms with Crippen LogP contribution in [0.1, 0.15) is 76.7 Å². The third kappa shape index (κ3) is 2.67. The zero-order valence-corrected chi connectivity index (χ0v) is 17.5. The summed E-state index contributed by atoms with van der Waals surface area (Å²) in [5.74, 6) is 3.92. The van der Waals surface area contributed by atoms with Crippen LogP contribution in [0.2, 0.25) is 5.02 Å². The van der Waals surface area contributed by atoms with Crippen molar-refractivity contribution in [3.05, 3.63) is 34.9 Å². The highest BCUT2D eigenvalue weighted by molar-refractivity contribution is 6.30. The Hall–Kier alpha value is -0.530. The molecule has 0 heterocycles. The molecule has 2 unspecified atom stereocenters. The smallest absolute Gasteiger partial charge is 0.0406 e. The molecule has 0 amide bonds. The van der Waals surface area contributed by atoms with Gasteiger partial charge in [0.05, 0.1) is 0 Å². The summed E-state index contributed by atoms with van der Waals surface area (Å²) in [5, 5.41) is 5.10. The van der Waals surface area contributed by atoms with Crippen LogP contribution >= 0.6 is 11.6 Å². The summed E-state index contributed by atoms with van der Waals surface area (Å²) in [6, 6.07) is 10.4. The van der Waals surface area contributed by atoms with Gasteiger partial charge in [-0.3, -0.25) is 0 Å². The lowest BCUT2D eigenvalue weighted by Gasteiger charge is -2.64. The van der Waals surface area contributed by atoms with Gasteiger partial charge in [0.15, 0.2) is 0 Å². The maximum atomic E-state index is 6.21. The molecule has 0 aliphatic heterocycles. The lowest BCUT2D eigenvalue weighted by Crippen LogP contribution is -2.61. The Bertz CT molecular complexity index is 710. The lowest BCUT2D eigenvalue weighted by atomic mass is 9.41. The minimum Gasteiger partial charge on any atom is -0.311 e. The maximum absolute atomic E-state index is 6.21. The summed E-state index contributed by atoms with van der Waals surface area (Å²) >= 11 is 6.21. The van der Waals surface area contributed by atoms with E-state index in [1.807, 2.05) is 0 Å². The van der Waals surface area contributed by atoms with Gasteiger partial charge in [-0.1, -0.05) is 30.2 Å². The molecule has 6 fully saturated rings. The summed E-state index contributed by atoms with van der Waals surface area (Å²) in [6.45, 7) is 2.55. The van der Waals surface area contributed by atoms with E-state index in [1.54, 1.807) is 5.56 Å². The Balaban J connectivity index is 1.28. The van der Waals surface area contributed by atoms with E-state index in [4.69, 9.17) is 11.6 Å². The van der Waals surface area contributed by atoms with E-state index < -0.39 is 0 Å². The largest absolute Gasteiger partial charge is 0.311 e. The fourth-order valence-electron chi connectivity index (χ4n) is 8.93. The normalized spacial score (nSPS) is 48.3. The third-order valence-corrected chi connectivity index (χ3v) is 9.94. The summed E-state index contributed by atoms with van der Waals surface area (Å²) < 4.78 is 0. The molecular formula is C25H34ClN. The average Bonchev–Trinajstić information content (AvgIpc) is 3.24. The standard InChI is InChI=1S/C25H34ClN/c1-16(27-23-10-17-2-3-20(23)9-17)24-11-18-8-19(12-24)14-25(13-18,15-24)21-4-6-22(26)7-5-21/h4-7,16-20,23,27H,2-3,8-15H2,1H3/t16-,17+,18-,19+,20+,23+,24?,25?/m0/s1. The number of benzene rings is 1. The first kappa shape index (κ1) is 17.3. The Morgan fingerprint density at radius 2 is 1.67 bits per heavy atom. The average molecular weight is 384 g/mol. The van der Waals surface area contributed by atoms with Crippen molar-refractivity contribution in [3.63, 3.8) is 0 Å². The van der Waals surface area contributed by atoms with Gasteiger partial charge in [0.2, 0.25) is 0 Å². The molecule has 6 bridgehead atoms. The predicted molar refractivity (Wildman–Crippen MR) is 112 cm³/mol. The second kappa shape index (κ2) is 5.99. The molecule has 1 N–H and O–H groups in total. The molecule has 1 aromatic rings. The zero-order valence-electron chi connectivity index (χ0n) is 16.7. The number of nitrogens with one attached hydrogen (secondary N) is 1. The third-order valence-electron chi connectivity index (χ3n) is 9.68. The van der Waals surface area contributed by atoms with Gasteiger partial charge < -0.3 is 5.32 Å². The van der Waals surface area contributed by atoms with Crippen molar-refractivity contribution in [1.82, 2.24) is 5.32 Å². The fraction of sp³-hybridized carbons (Fsp3) is 0.760. The van der Waals surface area contributed by atoms with Crippen molar-refractivity contribution in [2.24, 2.45) is 29.1 Å². The minimum absolute atomic E-state index is 0.430. The maximum Gasteiger partial charge on any atom is 0.0406 e. The monoisotopic (exact) mass is 383 g/mol. The molecule has 6 aliphatic carbocycles. The SMILES string of the molecule is C[C@H](N[C@@H]1C[C@@H]2CC[C@@H]1C2)C12C[C@@H]3C[C@@H](CC(c4ccc(Cl)cc4)(C3)C1)C2. The minimum atomic E-state index is 0.430. The molecule has 0 aromatic heterocycles. The Morgan fingerprint density at radius 3 is 2.30 bits per heavy atom. The van der Waals surface area contributed by atoms with E-state index >= 15 is 0 Å². The summed E-state index contributed by atoms with van der Waals surface area (Å²) in [5.41, 5.74) is 2.54. The summed E-state index contributed by atoms with van der Waals surface area (Å²) in [7, 11) is 0. The second-order valence-corrected chi connectivity index (χ2v) is 11.7. The number of rotatable bonds is 4. The Morgan fingerprint density at radius 1 is 0.926 bits per heavy atom. The Labute approximate surface area is 169 Å². The molecule has 27 heavy (non-hydrogen) atoms. The first-order valence-corrected chi connectivity index (χ1v) is 11.9. The van der Waals surface area contributed by atoms with E-state index in [1.165, 1.54) is 64.2 Å². The van der Waals surface area contributed by atoms with E-state index in [-0.39, 0.29) is 0 Å². The van der Waals surface area contributed by atoms with Crippen molar-refractivity contribution in [1.29, 1.82) is 0 Å². The van der Waals surface area contributed by atoms with Crippen LogP contribution in [-0.4, -0.2) is 12.1 Å². The van der Waals surface area contributed by atoms with Crippen LogP contribution in [-0.2, 0) is 5.41 Å². The molecule has 6 aliphatic rings. The first-order valence-electron chi connectivity index (χ1n) is 11.6. The molecule has 0 saturated heterocycles. The zero-order chi connectivity index (χ0) is 18.2. The van der Waals surface area contributed by atoms with Crippen LogP contribution in [0.4, 0.5) is 0 Å². The molecular weight excluding hydrogens is 350 g/mol. The number of hydrogen-bond donors (Lipinski definition) is 1. The molecule has 1 aromatic carbocycles.